The molecule has 4 rings (SSSR count). The summed E-state index contributed by atoms with van der Waals surface area (Å²) in [7, 11) is 0. The minimum atomic E-state index is 0.164. The van der Waals surface area contributed by atoms with Crippen LogP contribution in [0.3, 0.4) is 0 Å². The SMILES string of the molecule is CCc1ccc(O)c(-c2n[nH]c(=S)n2-c2cccc3[nH]cnc23)c1. The highest BCUT2D eigenvalue weighted by molar-refractivity contribution is 7.71. The maximum absolute atomic E-state index is 10.3. The summed E-state index contributed by atoms with van der Waals surface area (Å²) < 4.78 is 2.24. The molecule has 0 aliphatic rings. The monoisotopic (exact) mass is 337 g/mol. The molecule has 0 atom stereocenters. The van der Waals surface area contributed by atoms with Crippen molar-refractivity contribution in [2.75, 3.05) is 0 Å². The summed E-state index contributed by atoms with van der Waals surface area (Å²) in [6.07, 6.45) is 2.51. The third kappa shape index (κ3) is 2.21. The van der Waals surface area contributed by atoms with Crippen LogP contribution in [0, 0.1) is 4.77 Å². The number of nitrogens with one attached hydrogen (secondary N) is 2. The average Bonchev–Trinajstić information content (AvgIpc) is 3.21. The van der Waals surface area contributed by atoms with Crippen molar-refractivity contribution in [2.45, 2.75) is 13.3 Å². The molecule has 2 heterocycles. The van der Waals surface area contributed by atoms with E-state index in [1.807, 2.05) is 30.3 Å². The van der Waals surface area contributed by atoms with Crippen LogP contribution in [0.25, 0.3) is 28.1 Å². The number of benzene rings is 2. The molecule has 0 unspecified atom stereocenters. The number of aromatic hydroxyl groups is 1. The lowest BCUT2D eigenvalue weighted by Crippen LogP contribution is -1.99. The molecule has 0 bridgehead atoms. The summed E-state index contributed by atoms with van der Waals surface area (Å²) in [4.78, 5) is 7.47. The lowest BCUT2D eigenvalue weighted by Gasteiger charge is -2.10. The van der Waals surface area contributed by atoms with Crippen LogP contribution in [0.2, 0.25) is 0 Å². The molecule has 2 aromatic carbocycles. The Balaban J connectivity index is 2.02. The molecule has 6 nitrogen and oxygen atoms in total. The third-order valence-corrected chi connectivity index (χ3v) is 4.33. The Hall–Kier alpha value is -2.93. The van der Waals surface area contributed by atoms with Gasteiger partial charge in [0.2, 0.25) is 0 Å². The number of imidazole rings is 1. The van der Waals surface area contributed by atoms with E-state index in [0.29, 0.717) is 16.2 Å². The highest BCUT2D eigenvalue weighted by atomic mass is 32.1. The number of aromatic nitrogens is 5. The molecule has 2 aromatic heterocycles. The van der Waals surface area contributed by atoms with Crippen LogP contribution in [0.4, 0.5) is 0 Å². The molecule has 0 aliphatic heterocycles. The first-order valence-corrected chi connectivity index (χ1v) is 8.02. The molecule has 0 spiro atoms. The number of para-hydroxylation sites is 1. The van der Waals surface area contributed by atoms with Crippen molar-refractivity contribution in [3.63, 3.8) is 0 Å². The van der Waals surface area contributed by atoms with Crippen LogP contribution in [0.5, 0.6) is 5.75 Å². The first-order chi connectivity index (χ1) is 11.7. The molecule has 120 valence electrons. The van der Waals surface area contributed by atoms with Gasteiger partial charge in [0.1, 0.15) is 11.3 Å². The lowest BCUT2D eigenvalue weighted by atomic mass is 10.1. The van der Waals surface area contributed by atoms with E-state index in [4.69, 9.17) is 12.2 Å². The van der Waals surface area contributed by atoms with Crippen molar-refractivity contribution in [1.29, 1.82) is 0 Å². The van der Waals surface area contributed by atoms with E-state index < -0.39 is 0 Å². The van der Waals surface area contributed by atoms with Gasteiger partial charge in [0.05, 0.1) is 23.1 Å². The average molecular weight is 337 g/mol. The fourth-order valence-electron chi connectivity index (χ4n) is 2.81. The van der Waals surface area contributed by atoms with Crippen molar-refractivity contribution < 1.29 is 5.11 Å². The predicted molar refractivity (Wildman–Crippen MR) is 94.9 cm³/mol. The van der Waals surface area contributed by atoms with Crippen molar-refractivity contribution in [3.8, 4) is 22.8 Å². The summed E-state index contributed by atoms with van der Waals surface area (Å²) in [5, 5.41) is 17.5. The summed E-state index contributed by atoms with van der Waals surface area (Å²) in [5.74, 6) is 0.722. The van der Waals surface area contributed by atoms with Crippen molar-refractivity contribution in [1.82, 2.24) is 24.7 Å². The van der Waals surface area contributed by atoms with Gasteiger partial charge in [-0.3, -0.25) is 9.67 Å². The topological polar surface area (TPSA) is 82.5 Å². The van der Waals surface area contributed by atoms with Crippen LogP contribution in [0.1, 0.15) is 12.5 Å². The van der Waals surface area contributed by atoms with Gasteiger partial charge in [-0.15, -0.1) is 0 Å². The fraction of sp³-hybridized carbons (Fsp3) is 0.118. The molecule has 0 saturated heterocycles. The van der Waals surface area contributed by atoms with E-state index in [-0.39, 0.29) is 5.75 Å². The minimum Gasteiger partial charge on any atom is -0.507 e. The van der Waals surface area contributed by atoms with Gasteiger partial charge in [0, 0.05) is 0 Å². The number of hydrogen-bond donors (Lipinski definition) is 3. The van der Waals surface area contributed by atoms with Crippen LogP contribution in [-0.2, 0) is 6.42 Å². The standard InChI is InChI=1S/C17H15N5OS/c1-2-10-6-7-14(23)11(8-10)16-20-21-17(24)22(16)13-5-3-4-12-15(13)19-9-18-12/h3-9,23H,2H2,1H3,(H,18,19)(H,21,24). The maximum atomic E-state index is 10.3. The van der Waals surface area contributed by atoms with E-state index in [0.717, 1.165) is 28.7 Å². The Bertz CT molecular complexity index is 1090. The van der Waals surface area contributed by atoms with Gasteiger partial charge in [-0.1, -0.05) is 19.1 Å². The Morgan fingerprint density at radius 2 is 2.12 bits per heavy atom. The Morgan fingerprint density at radius 1 is 1.25 bits per heavy atom. The Morgan fingerprint density at radius 3 is 2.96 bits per heavy atom. The predicted octanol–water partition coefficient (Wildman–Crippen LogP) is 3.74. The number of H-pyrrole nitrogens is 2. The second-order valence-corrected chi connectivity index (χ2v) is 5.86. The normalized spacial score (nSPS) is 11.2. The van der Waals surface area contributed by atoms with E-state index in [1.165, 1.54) is 0 Å². The van der Waals surface area contributed by atoms with E-state index in [2.05, 4.69) is 27.1 Å². The quantitative estimate of drug-likeness (QED) is 0.497. The zero-order valence-corrected chi connectivity index (χ0v) is 13.8. The summed E-state index contributed by atoms with van der Waals surface area (Å²) in [6.45, 7) is 2.07. The van der Waals surface area contributed by atoms with Crippen LogP contribution >= 0.6 is 12.2 Å². The molecule has 0 aliphatic carbocycles. The maximum Gasteiger partial charge on any atom is 0.200 e. The van der Waals surface area contributed by atoms with Gasteiger partial charge in [0.25, 0.3) is 0 Å². The Labute approximate surface area is 142 Å². The molecular formula is C17H15N5OS. The van der Waals surface area contributed by atoms with Crippen molar-refractivity contribution >= 4 is 23.3 Å². The van der Waals surface area contributed by atoms with E-state index in [1.54, 1.807) is 17.0 Å². The fourth-order valence-corrected chi connectivity index (χ4v) is 3.04. The second-order valence-electron chi connectivity index (χ2n) is 5.47. The van der Waals surface area contributed by atoms with E-state index in [9.17, 15) is 5.11 Å². The first kappa shape index (κ1) is 14.6. The van der Waals surface area contributed by atoms with Crippen LogP contribution in [-0.4, -0.2) is 29.8 Å². The number of phenols is 1. The third-order valence-electron chi connectivity index (χ3n) is 4.05. The molecular weight excluding hydrogens is 322 g/mol. The highest BCUT2D eigenvalue weighted by Gasteiger charge is 2.17. The summed E-state index contributed by atoms with van der Waals surface area (Å²) in [5.41, 5.74) is 4.26. The first-order valence-electron chi connectivity index (χ1n) is 7.61. The summed E-state index contributed by atoms with van der Waals surface area (Å²) in [6, 6.07) is 11.3. The van der Waals surface area contributed by atoms with Gasteiger partial charge in [-0.2, -0.15) is 5.10 Å². The second kappa shape index (κ2) is 5.61. The van der Waals surface area contributed by atoms with Gasteiger partial charge in [0.15, 0.2) is 10.6 Å². The highest BCUT2D eigenvalue weighted by Crippen LogP contribution is 2.32. The van der Waals surface area contributed by atoms with Crippen LogP contribution in [0.15, 0.2) is 42.7 Å². The number of aromatic amines is 2. The van der Waals surface area contributed by atoms with Crippen LogP contribution < -0.4 is 0 Å². The minimum absolute atomic E-state index is 0.164. The number of aryl methyl sites for hydroxylation is 1. The molecule has 7 heteroatoms. The van der Waals surface area contributed by atoms with Crippen molar-refractivity contribution in [3.05, 3.63) is 53.1 Å². The lowest BCUT2D eigenvalue weighted by molar-refractivity contribution is 0.476. The van der Waals surface area contributed by atoms with Crippen molar-refractivity contribution in [2.24, 2.45) is 0 Å². The Kier molecular flexibility index (Phi) is 3.42. The molecule has 0 radical (unpaired) electrons. The molecule has 0 saturated carbocycles. The molecule has 24 heavy (non-hydrogen) atoms. The van der Waals surface area contributed by atoms with E-state index >= 15 is 0 Å². The van der Waals surface area contributed by atoms with Gasteiger partial charge in [-0.25, -0.2) is 4.98 Å². The zero-order valence-electron chi connectivity index (χ0n) is 12.9. The molecule has 0 amide bonds. The van der Waals surface area contributed by atoms with Gasteiger partial charge < -0.3 is 10.1 Å². The number of phenolic OH excluding ortho intramolecular Hbond substituents is 1. The number of rotatable bonds is 3. The molecule has 0 fully saturated rings. The summed E-state index contributed by atoms with van der Waals surface area (Å²) >= 11 is 5.42. The molecule has 3 N–H and O–H groups in total. The van der Waals surface area contributed by atoms with Gasteiger partial charge in [-0.05, 0) is 48.5 Å². The smallest absolute Gasteiger partial charge is 0.200 e. The molecule has 4 aromatic rings. The number of nitrogens with zero attached hydrogens (tertiary/aromatic N) is 3. The zero-order chi connectivity index (χ0) is 16.7. The van der Waals surface area contributed by atoms with Gasteiger partial charge >= 0.3 is 0 Å². The largest absolute Gasteiger partial charge is 0.507 e. The number of fused-ring (bicyclic) bond motifs is 1. The number of hydrogen-bond acceptors (Lipinski definition) is 4.